The van der Waals surface area contributed by atoms with Gasteiger partial charge in [-0.25, -0.2) is 18.6 Å². The number of methoxy groups -OCH3 is 1. The molecular weight excluding hydrogens is 530 g/mol. The van der Waals surface area contributed by atoms with Gasteiger partial charge in [0.1, 0.15) is 0 Å². The summed E-state index contributed by atoms with van der Waals surface area (Å²) in [4.78, 5) is 24.8. The van der Waals surface area contributed by atoms with Crippen molar-refractivity contribution in [2.45, 2.75) is 4.90 Å². The van der Waals surface area contributed by atoms with E-state index in [2.05, 4.69) is 15.2 Å². The lowest BCUT2D eigenvalue weighted by Crippen LogP contribution is -2.18. The molecule has 0 bridgehead atoms. The number of carbonyl (C=O) groups is 2. The van der Waals surface area contributed by atoms with E-state index in [4.69, 9.17) is 9.47 Å². The van der Waals surface area contributed by atoms with Gasteiger partial charge in [-0.3, -0.25) is 9.52 Å². The van der Waals surface area contributed by atoms with E-state index in [1.54, 1.807) is 42.5 Å². The second-order valence-corrected chi connectivity index (χ2v) is 9.95. The number of esters is 1. The predicted octanol–water partition coefficient (Wildman–Crippen LogP) is 4.88. The van der Waals surface area contributed by atoms with Crippen molar-refractivity contribution in [2.75, 3.05) is 11.8 Å². The smallest absolute Gasteiger partial charge is 0.336 e. The largest absolute Gasteiger partial charge is 0.493 e. The highest BCUT2D eigenvalue weighted by atomic mass is 32.2. The van der Waals surface area contributed by atoms with E-state index < -0.39 is 21.9 Å². The van der Waals surface area contributed by atoms with Crippen LogP contribution in [0.25, 0.3) is 6.08 Å². The molecule has 0 saturated heterocycles. The van der Waals surface area contributed by atoms with Gasteiger partial charge in [-0.1, -0.05) is 48.5 Å². The number of anilines is 1. The second-order valence-electron chi connectivity index (χ2n) is 8.27. The zero-order valence-electron chi connectivity index (χ0n) is 21.4. The van der Waals surface area contributed by atoms with Gasteiger partial charge in [0, 0.05) is 17.3 Å². The molecule has 202 valence electrons. The molecule has 9 nitrogen and oxygen atoms in total. The van der Waals surface area contributed by atoms with Crippen LogP contribution in [0.15, 0.2) is 119 Å². The maximum absolute atomic E-state index is 12.5. The molecule has 0 aliphatic heterocycles. The van der Waals surface area contributed by atoms with Gasteiger partial charge in [-0.2, -0.15) is 5.10 Å². The highest BCUT2D eigenvalue weighted by Crippen LogP contribution is 2.28. The topological polar surface area (TPSA) is 123 Å². The molecule has 2 N–H and O–H groups in total. The standard InChI is InChI=1S/C30H25N3O6S/c1-38-28-20-23(12-18-27(28)39-29(34)19-13-22-8-4-2-5-9-22)21-31-32-30(35)24-14-16-25(17-15-24)33-40(36,37)26-10-6-3-7-11-26/h2-21,33H,1H3,(H,32,35)/b19-13+,31-21-. The van der Waals surface area contributed by atoms with Gasteiger partial charge >= 0.3 is 5.97 Å². The van der Waals surface area contributed by atoms with Gasteiger partial charge in [0.05, 0.1) is 18.2 Å². The normalized spacial score (nSPS) is 11.3. The summed E-state index contributed by atoms with van der Waals surface area (Å²) < 4.78 is 38.1. The number of hydrogen-bond donors (Lipinski definition) is 2. The number of nitrogens with one attached hydrogen (secondary N) is 2. The Kier molecular flexibility index (Phi) is 9.06. The van der Waals surface area contributed by atoms with Crippen LogP contribution in [-0.2, 0) is 14.8 Å². The summed E-state index contributed by atoms with van der Waals surface area (Å²) in [7, 11) is -2.29. The van der Waals surface area contributed by atoms with Crippen LogP contribution in [0.1, 0.15) is 21.5 Å². The number of hydrazone groups is 1. The molecule has 0 saturated carbocycles. The van der Waals surface area contributed by atoms with Crippen LogP contribution in [0, 0.1) is 0 Å². The van der Waals surface area contributed by atoms with Crippen molar-refractivity contribution in [3.63, 3.8) is 0 Å². The van der Waals surface area contributed by atoms with Crippen molar-refractivity contribution < 1.29 is 27.5 Å². The van der Waals surface area contributed by atoms with E-state index in [1.807, 2.05) is 30.3 Å². The lowest BCUT2D eigenvalue weighted by atomic mass is 10.2. The van der Waals surface area contributed by atoms with Crippen molar-refractivity contribution in [1.82, 2.24) is 5.43 Å². The molecule has 10 heteroatoms. The van der Waals surface area contributed by atoms with Crippen LogP contribution in [0.3, 0.4) is 0 Å². The fraction of sp³-hybridized carbons (Fsp3) is 0.0333. The lowest BCUT2D eigenvalue weighted by molar-refractivity contribution is -0.129. The molecule has 0 radical (unpaired) electrons. The second kappa shape index (κ2) is 13.0. The van der Waals surface area contributed by atoms with Crippen molar-refractivity contribution in [3.05, 3.63) is 126 Å². The third-order valence-corrected chi connectivity index (χ3v) is 6.84. The first-order chi connectivity index (χ1) is 19.3. The predicted molar refractivity (Wildman–Crippen MR) is 153 cm³/mol. The van der Waals surface area contributed by atoms with Crippen molar-refractivity contribution in [3.8, 4) is 11.5 Å². The molecular formula is C30H25N3O6S. The molecule has 0 fully saturated rings. The third kappa shape index (κ3) is 7.65. The van der Waals surface area contributed by atoms with E-state index in [9.17, 15) is 18.0 Å². The zero-order valence-corrected chi connectivity index (χ0v) is 22.2. The minimum Gasteiger partial charge on any atom is -0.493 e. The summed E-state index contributed by atoms with van der Waals surface area (Å²) in [6.07, 6.45) is 4.38. The summed E-state index contributed by atoms with van der Waals surface area (Å²) in [5.74, 6) is -0.509. The Morgan fingerprint density at radius 2 is 1.48 bits per heavy atom. The average molecular weight is 556 g/mol. The monoisotopic (exact) mass is 555 g/mol. The van der Waals surface area contributed by atoms with Crippen molar-refractivity contribution in [1.29, 1.82) is 0 Å². The Balaban J connectivity index is 1.33. The SMILES string of the molecule is COc1cc(/C=N\NC(=O)c2ccc(NS(=O)(=O)c3ccccc3)cc2)ccc1OC(=O)/C=C/c1ccccc1. The molecule has 4 rings (SSSR count). The number of ether oxygens (including phenoxy) is 2. The molecule has 1 amide bonds. The number of carbonyl (C=O) groups excluding carboxylic acids is 2. The average Bonchev–Trinajstić information content (AvgIpc) is 2.98. The van der Waals surface area contributed by atoms with Gasteiger partial charge in [0.15, 0.2) is 11.5 Å². The van der Waals surface area contributed by atoms with Crippen LogP contribution in [0.2, 0.25) is 0 Å². The lowest BCUT2D eigenvalue weighted by Gasteiger charge is -2.09. The Hall–Kier alpha value is -5.22. The van der Waals surface area contributed by atoms with Crippen LogP contribution in [0.5, 0.6) is 11.5 Å². The zero-order chi connectivity index (χ0) is 28.4. The van der Waals surface area contributed by atoms with E-state index in [0.29, 0.717) is 17.0 Å². The van der Waals surface area contributed by atoms with Crippen LogP contribution < -0.4 is 19.6 Å². The van der Waals surface area contributed by atoms with Gasteiger partial charge in [-0.05, 0) is 71.8 Å². The first-order valence-corrected chi connectivity index (χ1v) is 13.5. The van der Waals surface area contributed by atoms with Gasteiger partial charge in [-0.15, -0.1) is 0 Å². The fourth-order valence-corrected chi connectivity index (χ4v) is 4.53. The quantitative estimate of drug-likeness (QED) is 0.0946. The minimum atomic E-state index is -3.74. The summed E-state index contributed by atoms with van der Waals surface area (Å²) in [6.45, 7) is 0. The Labute approximate surface area is 231 Å². The maximum Gasteiger partial charge on any atom is 0.336 e. The minimum absolute atomic E-state index is 0.133. The number of benzene rings is 4. The summed E-state index contributed by atoms with van der Waals surface area (Å²) in [5.41, 5.74) is 4.46. The molecule has 0 heterocycles. The number of amides is 1. The van der Waals surface area contributed by atoms with Gasteiger partial charge in [0.25, 0.3) is 15.9 Å². The summed E-state index contributed by atoms with van der Waals surface area (Å²) >= 11 is 0. The molecule has 0 atom stereocenters. The molecule has 0 aliphatic carbocycles. The Morgan fingerprint density at radius 1 is 0.800 bits per heavy atom. The molecule has 0 spiro atoms. The molecule has 0 aliphatic rings. The highest BCUT2D eigenvalue weighted by Gasteiger charge is 2.14. The van der Waals surface area contributed by atoms with Gasteiger partial charge in [0.2, 0.25) is 0 Å². The first kappa shape index (κ1) is 27.8. The molecule has 40 heavy (non-hydrogen) atoms. The molecule has 4 aromatic rings. The Bertz CT molecular complexity index is 1640. The summed E-state index contributed by atoms with van der Waals surface area (Å²) in [6, 6.07) is 28.1. The van der Waals surface area contributed by atoms with Crippen molar-refractivity contribution >= 4 is 39.9 Å². The van der Waals surface area contributed by atoms with Crippen LogP contribution in [0.4, 0.5) is 5.69 Å². The van der Waals surface area contributed by atoms with E-state index in [-0.39, 0.29) is 16.2 Å². The van der Waals surface area contributed by atoms with E-state index in [0.717, 1.165) is 5.56 Å². The third-order valence-electron chi connectivity index (χ3n) is 5.44. The number of hydrogen-bond acceptors (Lipinski definition) is 7. The maximum atomic E-state index is 12.5. The van der Waals surface area contributed by atoms with Crippen molar-refractivity contribution in [2.24, 2.45) is 5.10 Å². The number of nitrogens with zero attached hydrogens (tertiary/aromatic N) is 1. The fourth-order valence-electron chi connectivity index (χ4n) is 3.45. The number of rotatable bonds is 10. The van der Waals surface area contributed by atoms with Crippen LogP contribution >= 0.6 is 0 Å². The number of sulfonamides is 1. The molecule has 4 aromatic carbocycles. The van der Waals surface area contributed by atoms with Crippen LogP contribution in [-0.4, -0.2) is 33.6 Å². The first-order valence-electron chi connectivity index (χ1n) is 12.0. The molecule has 0 unspecified atom stereocenters. The summed E-state index contributed by atoms with van der Waals surface area (Å²) in [5, 5.41) is 3.96. The van der Waals surface area contributed by atoms with E-state index >= 15 is 0 Å². The van der Waals surface area contributed by atoms with E-state index in [1.165, 1.54) is 55.8 Å². The van der Waals surface area contributed by atoms with Gasteiger partial charge < -0.3 is 9.47 Å². The highest BCUT2D eigenvalue weighted by molar-refractivity contribution is 7.92. The Morgan fingerprint density at radius 3 is 2.15 bits per heavy atom. The molecule has 0 aromatic heterocycles.